The Labute approximate surface area is 310 Å². The molecule has 11 aromatic rings. The molecular weight excluding hydrogens is 657 g/mol. The van der Waals surface area contributed by atoms with Crippen molar-refractivity contribution in [3.63, 3.8) is 0 Å². The maximum absolute atomic E-state index is 5.67. The van der Waals surface area contributed by atoms with Gasteiger partial charge in [-0.05, 0) is 82.4 Å². The summed E-state index contributed by atoms with van der Waals surface area (Å²) in [5.41, 5.74) is 16.3. The lowest BCUT2D eigenvalue weighted by Crippen LogP contribution is -2.27. The van der Waals surface area contributed by atoms with E-state index in [-0.39, 0.29) is 0 Å². The van der Waals surface area contributed by atoms with Crippen molar-refractivity contribution in [2.75, 3.05) is 0 Å². The molecule has 0 saturated carbocycles. The highest BCUT2D eigenvalue weighted by atomic mass is 15.1. The van der Waals surface area contributed by atoms with E-state index in [1.54, 1.807) is 0 Å². The second kappa shape index (κ2) is 10.0. The maximum Gasteiger partial charge on any atom is 0.134 e. The summed E-state index contributed by atoms with van der Waals surface area (Å²) in [6.07, 6.45) is 0. The first-order valence-corrected chi connectivity index (χ1v) is 18.7. The molecule has 0 bridgehead atoms. The minimum Gasteiger partial charge on any atom is -0.309 e. The molecule has 0 amide bonds. The summed E-state index contributed by atoms with van der Waals surface area (Å²) < 4.78 is 7.30. The van der Waals surface area contributed by atoms with E-state index in [2.05, 4.69) is 196 Å². The van der Waals surface area contributed by atoms with Crippen LogP contribution < -0.4 is 0 Å². The molecule has 13 rings (SSSR count). The van der Waals surface area contributed by atoms with E-state index < -0.39 is 5.41 Å². The first-order chi connectivity index (χ1) is 26.8. The number of hydrogen-bond acceptors (Lipinski definition) is 1. The lowest BCUT2D eigenvalue weighted by molar-refractivity contribution is 0.738. The van der Waals surface area contributed by atoms with Crippen LogP contribution in [0.15, 0.2) is 182 Å². The van der Waals surface area contributed by atoms with Gasteiger partial charge in [-0.2, -0.15) is 0 Å². The van der Waals surface area contributed by atoms with Crippen LogP contribution in [0.2, 0.25) is 0 Å². The Morgan fingerprint density at radius 1 is 0.389 bits per heavy atom. The van der Waals surface area contributed by atoms with Gasteiger partial charge in [-0.25, -0.2) is 4.98 Å². The van der Waals surface area contributed by atoms with Crippen LogP contribution in [-0.2, 0) is 5.41 Å². The molecule has 0 saturated heterocycles. The van der Waals surface area contributed by atoms with Gasteiger partial charge in [0.1, 0.15) is 11.2 Å². The van der Waals surface area contributed by atoms with E-state index in [0.29, 0.717) is 0 Å². The molecule has 0 atom stereocenters. The van der Waals surface area contributed by atoms with Crippen molar-refractivity contribution in [1.82, 2.24) is 18.7 Å². The van der Waals surface area contributed by atoms with Crippen LogP contribution in [0.25, 0.3) is 82.8 Å². The first kappa shape index (κ1) is 28.4. The molecular formula is C50H30N4. The molecule has 0 radical (unpaired) electrons. The fourth-order valence-corrected chi connectivity index (χ4v) is 10.2. The van der Waals surface area contributed by atoms with Gasteiger partial charge in [-0.3, -0.25) is 4.57 Å². The Hall–Kier alpha value is -7.17. The molecule has 0 fully saturated rings. The van der Waals surface area contributed by atoms with Crippen LogP contribution in [-0.4, -0.2) is 18.7 Å². The predicted octanol–water partition coefficient (Wildman–Crippen LogP) is 11.9. The smallest absolute Gasteiger partial charge is 0.134 e. The Morgan fingerprint density at radius 2 is 1.00 bits per heavy atom. The van der Waals surface area contributed by atoms with E-state index in [1.165, 1.54) is 77.1 Å². The molecule has 1 spiro atoms. The number of fused-ring (bicyclic) bond motifs is 19. The summed E-state index contributed by atoms with van der Waals surface area (Å²) in [4.78, 5) is 5.67. The van der Waals surface area contributed by atoms with E-state index in [1.807, 2.05) is 0 Å². The quantitative estimate of drug-likeness (QED) is 0.178. The predicted molar refractivity (Wildman–Crippen MR) is 221 cm³/mol. The summed E-state index contributed by atoms with van der Waals surface area (Å²) in [5.74, 6) is 1.06. The summed E-state index contributed by atoms with van der Waals surface area (Å²) in [7, 11) is 0. The average molecular weight is 687 g/mol. The van der Waals surface area contributed by atoms with Crippen molar-refractivity contribution in [2.24, 2.45) is 0 Å². The minimum absolute atomic E-state index is 0.499. The third kappa shape index (κ3) is 3.29. The number of benzene rings is 8. The van der Waals surface area contributed by atoms with Crippen molar-refractivity contribution in [1.29, 1.82) is 0 Å². The molecule has 3 aromatic heterocycles. The SMILES string of the molecule is c1ccc(-n2c3ccccc3c3c2ccc2c4ccccc4n(-c4ccc5c(c4)nc4n5-c5ccccc5C45c4ccccc4-c4ccccc45)c23)cc1. The Balaban J connectivity index is 1.13. The number of nitrogens with zero attached hydrogens (tertiary/aromatic N) is 4. The molecule has 54 heavy (non-hydrogen) atoms. The van der Waals surface area contributed by atoms with E-state index in [4.69, 9.17) is 4.98 Å². The molecule has 0 N–H and O–H groups in total. The highest BCUT2D eigenvalue weighted by molar-refractivity contribution is 6.26. The van der Waals surface area contributed by atoms with Crippen molar-refractivity contribution < 1.29 is 0 Å². The molecule has 0 unspecified atom stereocenters. The van der Waals surface area contributed by atoms with E-state index in [9.17, 15) is 0 Å². The maximum atomic E-state index is 5.67. The van der Waals surface area contributed by atoms with Crippen LogP contribution in [0.5, 0.6) is 0 Å². The minimum atomic E-state index is -0.499. The fourth-order valence-electron chi connectivity index (χ4n) is 10.2. The third-order valence-electron chi connectivity index (χ3n) is 12.2. The van der Waals surface area contributed by atoms with E-state index >= 15 is 0 Å². The van der Waals surface area contributed by atoms with Crippen molar-refractivity contribution in [3.05, 3.63) is 205 Å². The largest absolute Gasteiger partial charge is 0.309 e. The summed E-state index contributed by atoms with van der Waals surface area (Å²) in [5, 5.41) is 4.98. The Kier molecular flexibility index (Phi) is 5.28. The topological polar surface area (TPSA) is 27.7 Å². The normalized spacial score (nSPS) is 13.7. The van der Waals surface area contributed by atoms with Gasteiger partial charge in [0.2, 0.25) is 0 Å². The number of rotatable bonds is 2. The number of para-hydroxylation sites is 4. The van der Waals surface area contributed by atoms with Crippen LogP contribution >= 0.6 is 0 Å². The molecule has 8 aromatic carbocycles. The summed E-state index contributed by atoms with van der Waals surface area (Å²) >= 11 is 0. The number of hydrogen-bond donors (Lipinski definition) is 0. The Bertz CT molecular complexity index is 3350. The monoisotopic (exact) mass is 686 g/mol. The zero-order valence-corrected chi connectivity index (χ0v) is 29.1. The lowest BCUT2D eigenvalue weighted by atomic mass is 9.73. The van der Waals surface area contributed by atoms with E-state index in [0.717, 1.165) is 28.2 Å². The third-order valence-corrected chi connectivity index (χ3v) is 12.2. The van der Waals surface area contributed by atoms with Gasteiger partial charge in [-0.15, -0.1) is 0 Å². The molecule has 4 heterocycles. The zero-order valence-electron chi connectivity index (χ0n) is 29.1. The first-order valence-electron chi connectivity index (χ1n) is 18.7. The zero-order chi connectivity index (χ0) is 35.1. The molecule has 1 aliphatic heterocycles. The Morgan fingerprint density at radius 3 is 1.78 bits per heavy atom. The van der Waals surface area contributed by atoms with Crippen LogP contribution in [0.4, 0.5) is 0 Å². The van der Waals surface area contributed by atoms with Gasteiger partial charge in [0, 0.05) is 32.9 Å². The highest BCUT2D eigenvalue weighted by Gasteiger charge is 2.54. The molecule has 1 aliphatic carbocycles. The fraction of sp³-hybridized carbons (Fsp3) is 0.0200. The van der Waals surface area contributed by atoms with Crippen LogP contribution in [0.1, 0.15) is 22.5 Å². The molecule has 2 aliphatic rings. The number of aromatic nitrogens is 4. The van der Waals surface area contributed by atoms with Gasteiger partial charge in [0.15, 0.2) is 0 Å². The van der Waals surface area contributed by atoms with Gasteiger partial charge in [0.05, 0.1) is 38.8 Å². The average Bonchev–Trinajstić information content (AvgIpc) is 4.01. The van der Waals surface area contributed by atoms with Gasteiger partial charge in [0.25, 0.3) is 0 Å². The van der Waals surface area contributed by atoms with Gasteiger partial charge in [-0.1, -0.05) is 127 Å². The molecule has 4 heteroatoms. The second-order valence-corrected chi connectivity index (χ2v) is 14.7. The molecule has 250 valence electrons. The number of imidazole rings is 1. The van der Waals surface area contributed by atoms with Crippen molar-refractivity contribution in [2.45, 2.75) is 5.41 Å². The van der Waals surface area contributed by atoms with Crippen LogP contribution in [0.3, 0.4) is 0 Å². The lowest BCUT2D eigenvalue weighted by Gasteiger charge is -2.27. The van der Waals surface area contributed by atoms with Crippen molar-refractivity contribution >= 4 is 54.6 Å². The highest BCUT2D eigenvalue weighted by Crippen LogP contribution is 2.60. The summed E-state index contributed by atoms with van der Waals surface area (Å²) in [6, 6.07) is 66.6. The standard InChI is InChI=1S/C50H30N4/c1-2-14-31(15-3-1)52-43-24-12-7-19-37(43)47-46(52)29-27-36-35-18-6-11-23-42(35)53(48(36)47)32-26-28-45-41(30-32)51-49-50(40-22-10-13-25-44(40)54(45)49)38-20-8-4-16-33(38)34-17-5-9-21-39(34)50/h1-30H. The second-order valence-electron chi connectivity index (χ2n) is 14.7. The van der Waals surface area contributed by atoms with Crippen LogP contribution in [0, 0.1) is 0 Å². The van der Waals surface area contributed by atoms with Gasteiger partial charge >= 0.3 is 0 Å². The summed E-state index contributed by atoms with van der Waals surface area (Å²) in [6.45, 7) is 0. The molecule has 4 nitrogen and oxygen atoms in total. The van der Waals surface area contributed by atoms with Gasteiger partial charge < -0.3 is 9.13 Å². The van der Waals surface area contributed by atoms with Crippen molar-refractivity contribution in [3.8, 4) is 28.2 Å².